The molecule has 30 heavy (non-hydrogen) atoms. The largest absolute Gasteiger partial charge is 0.480 e. The minimum Gasteiger partial charge on any atom is -0.480 e. The number of aliphatic carboxylic acids is 1. The second kappa shape index (κ2) is 8.77. The molecular formula is C22H23N3O5. The van der Waals surface area contributed by atoms with Gasteiger partial charge in [0, 0.05) is 5.69 Å². The first-order valence-corrected chi connectivity index (χ1v) is 9.58. The summed E-state index contributed by atoms with van der Waals surface area (Å²) in [4.78, 5) is 50.7. The zero-order chi connectivity index (χ0) is 21.8. The highest BCUT2D eigenvalue weighted by molar-refractivity contribution is 6.16. The number of benzene rings is 2. The Hall–Kier alpha value is -3.68. The Bertz CT molecular complexity index is 988. The molecule has 0 aliphatic carbocycles. The molecule has 3 N–H and O–H groups in total. The summed E-state index contributed by atoms with van der Waals surface area (Å²) in [6, 6.07) is 13.3. The number of anilines is 1. The van der Waals surface area contributed by atoms with Gasteiger partial charge in [-0.1, -0.05) is 44.2 Å². The summed E-state index contributed by atoms with van der Waals surface area (Å²) in [5.41, 5.74) is 1.96. The monoisotopic (exact) mass is 409 g/mol. The van der Waals surface area contributed by atoms with Crippen molar-refractivity contribution in [1.29, 1.82) is 0 Å². The van der Waals surface area contributed by atoms with Gasteiger partial charge in [0.25, 0.3) is 11.8 Å². The van der Waals surface area contributed by atoms with E-state index in [4.69, 9.17) is 5.11 Å². The van der Waals surface area contributed by atoms with Crippen LogP contribution in [0, 0.1) is 5.92 Å². The third-order valence-corrected chi connectivity index (χ3v) is 4.90. The van der Waals surface area contributed by atoms with Crippen LogP contribution in [0.3, 0.4) is 0 Å². The van der Waals surface area contributed by atoms with E-state index in [0.717, 1.165) is 11.3 Å². The van der Waals surface area contributed by atoms with E-state index in [0.29, 0.717) is 12.1 Å². The molecule has 2 aromatic rings. The third kappa shape index (κ3) is 4.32. The minimum absolute atomic E-state index is 0.188. The van der Waals surface area contributed by atoms with E-state index < -0.39 is 30.4 Å². The zero-order valence-corrected chi connectivity index (χ0v) is 16.7. The highest BCUT2D eigenvalue weighted by atomic mass is 16.4. The predicted octanol–water partition coefficient (Wildman–Crippen LogP) is 1.80. The SMILES string of the molecule is CC(C)C(NC(=O)c1cccc2c1C(=O)N(c1ccccc1)C2)C(=O)NCC(=O)O. The number of carbonyl (C=O) groups excluding carboxylic acids is 3. The van der Waals surface area contributed by atoms with E-state index >= 15 is 0 Å². The number of carboxylic acid groups (broad SMARTS) is 1. The fourth-order valence-electron chi connectivity index (χ4n) is 3.39. The van der Waals surface area contributed by atoms with Crippen molar-refractivity contribution in [2.45, 2.75) is 26.4 Å². The van der Waals surface area contributed by atoms with Crippen LogP contribution in [0.4, 0.5) is 5.69 Å². The summed E-state index contributed by atoms with van der Waals surface area (Å²) < 4.78 is 0. The average Bonchev–Trinajstić information content (AvgIpc) is 3.07. The molecular weight excluding hydrogens is 386 g/mol. The van der Waals surface area contributed by atoms with Gasteiger partial charge in [-0.2, -0.15) is 0 Å². The molecule has 1 aliphatic rings. The number of amides is 3. The van der Waals surface area contributed by atoms with Crippen molar-refractivity contribution in [2.24, 2.45) is 5.92 Å². The van der Waals surface area contributed by atoms with E-state index in [1.54, 1.807) is 36.9 Å². The van der Waals surface area contributed by atoms with E-state index in [1.807, 2.05) is 30.3 Å². The molecule has 0 spiro atoms. The van der Waals surface area contributed by atoms with Crippen molar-refractivity contribution < 1.29 is 24.3 Å². The van der Waals surface area contributed by atoms with Gasteiger partial charge in [0.05, 0.1) is 17.7 Å². The van der Waals surface area contributed by atoms with Gasteiger partial charge in [0.1, 0.15) is 12.6 Å². The van der Waals surface area contributed by atoms with Crippen LogP contribution >= 0.6 is 0 Å². The summed E-state index contributed by atoms with van der Waals surface area (Å²) in [7, 11) is 0. The number of rotatable bonds is 7. The lowest BCUT2D eigenvalue weighted by molar-refractivity contribution is -0.138. The van der Waals surface area contributed by atoms with Crippen LogP contribution in [0.1, 0.15) is 40.1 Å². The molecule has 1 atom stereocenters. The number of carbonyl (C=O) groups is 4. The van der Waals surface area contributed by atoms with Gasteiger partial charge in [-0.15, -0.1) is 0 Å². The third-order valence-electron chi connectivity index (χ3n) is 4.90. The molecule has 0 saturated carbocycles. The summed E-state index contributed by atoms with van der Waals surface area (Å²) >= 11 is 0. The standard InChI is InChI=1S/C22H23N3O5/c1-13(2)19(21(29)23-11-17(26)27)24-20(28)16-10-6-7-14-12-25(22(30)18(14)16)15-8-4-3-5-9-15/h3-10,13,19H,11-12H2,1-2H3,(H,23,29)(H,24,28)(H,26,27). The average molecular weight is 409 g/mol. The molecule has 0 fully saturated rings. The van der Waals surface area contributed by atoms with Crippen LogP contribution in [0.5, 0.6) is 0 Å². The normalized spacial score (nSPS) is 13.7. The van der Waals surface area contributed by atoms with E-state index in [1.165, 1.54) is 0 Å². The smallest absolute Gasteiger partial charge is 0.322 e. The Kier molecular flexibility index (Phi) is 6.15. The second-order valence-corrected chi connectivity index (χ2v) is 7.37. The Balaban J connectivity index is 1.83. The van der Waals surface area contributed by atoms with Gasteiger partial charge in [-0.05, 0) is 29.7 Å². The Morgan fingerprint density at radius 3 is 2.40 bits per heavy atom. The molecule has 3 rings (SSSR count). The number of nitrogens with one attached hydrogen (secondary N) is 2. The zero-order valence-electron chi connectivity index (χ0n) is 16.7. The van der Waals surface area contributed by atoms with Crippen molar-refractivity contribution in [2.75, 3.05) is 11.4 Å². The fourth-order valence-corrected chi connectivity index (χ4v) is 3.39. The van der Waals surface area contributed by atoms with E-state index in [2.05, 4.69) is 10.6 Å². The molecule has 0 aromatic heterocycles. The lowest BCUT2D eigenvalue weighted by Gasteiger charge is -2.22. The van der Waals surface area contributed by atoms with Crippen molar-refractivity contribution in [1.82, 2.24) is 10.6 Å². The van der Waals surface area contributed by atoms with Gasteiger partial charge < -0.3 is 20.6 Å². The first-order valence-electron chi connectivity index (χ1n) is 9.58. The number of para-hydroxylation sites is 1. The van der Waals surface area contributed by atoms with Crippen LogP contribution in [-0.2, 0) is 16.1 Å². The Labute approximate surface area is 173 Å². The molecule has 8 nitrogen and oxygen atoms in total. The summed E-state index contributed by atoms with van der Waals surface area (Å²) in [6.07, 6.45) is 0. The van der Waals surface area contributed by atoms with Crippen LogP contribution < -0.4 is 15.5 Å². The first kappa shape index (κ1) is 21.0. The van der Waals surface area contributed by atoms with Crippen LogP contribution in [0.2, 0.25) is 0 Å². The van der Waals surface area contributed by atoms with Crippen molar-refractivity contribution in [3.05, 3.63) is 65.2 Å². The van der Waals surface area contributed by atoms with Gasteiger partial charge in [-0.25, -0.2) is 0 Å². The summed E-state index contributed by atoms with van der Waals surface area (Å²) in [5, 5.41) is 13.7. The van der Waals surface area contributed by atoms with Gasteiger partial charge >= 0.3 is 5.97 Å². The first-order chi connectivity index (χ1) is 14.3. The number of hydrogen-bond acceptors (Lipinski definition) is 4. The number of carboxylic acids is 1. The molecule has 0 bridgehead atoms. The fraction of sp³-hybridized carbons (Fsp3) is 0.273. The Morgan fingerprint density at radius 2 is 1.77 bits per heavy atom. The number of hydrogen-bond donors (Lipinski definition) is 3. The minimum atomic E-state index is -1.18. The summed E-state index contributed by atoms with van der Waals surface area (Å²) in [5.74, 6) is -2.89. The molecule has 156 valence electrons. The number of nitrogens with zero attached hydrogens (tertiary/aromatic N) is 1. The van der Waals surface area contributed by atoms with Gasteiger partial charge in [0.2, 0.25) is 5.91 Å². The van der Waals surface area contributed by atoms with Crippen LogP contribution in [0.25, 0.3) is 0 Å². The molecule has 0 saturated heterocycles. The van der Waals surface area contributed by atoms with Gasteiger partial charge in [-0.3, -0.25) is 19.2 Å². The second-order valence-electron chi connectivity index (χ2n) is 7.37. The number of fused-ring (bicyclic) bond motifs is 1. The van der Waals surface area contributed by atoms with Crippen LogP contribution in [-0.4, -0.2) is 41.4 Å². The maximum Gasteiger partial charge on any atom is 0.322 e. The Morgan fingerprint density at radius 1 is 1.07 bits per heavy atom. The lowest BCUT2D eigenvalue weighted by atomic mass is 9.99. The van der Waals surface area contributed by atoms with E-state index in [-0.39, 0.29) is 17.4 Å². The van der Waals surface area contributed by atoms with E-state index in [9.17, 15) is 19.2 Å². The highest BCUT2D eigenvalue weighted by Crippen LogP contribution is 2.30. The predicted molar refractivity (Wildman–Crippen MR) is 110 cm³/mol. The maximum atomic E-state index is 13.1. The van der Waals surface area contributed by atoms with Crippen molar-refractivity contribution in [3.63, 3.8) is 0 Å². The molecule has 0 radical (unpaired) electrons. The maximum absolute atomic E-state index is 13.1. The molecule has 1 heterocycles. The van der Waals surface area contributed by atoms with Crippen molar-refractivity contribution in [3.8, 4) is 0 Å². The molecule has 1 aliphatic heterocycles. The quantitative estimate of drug-likeness (QED) is 0.645. The van der Waals surface area contributed by atoms with Gasteiger partial charge in [0.15, 0.2) is 0 Å². The molecule has 8 heteroatoms. The molecule has 1 unspecified atom stereocenters. The molecule has 2 aromatic carbocycles. The summed E-state index contributed by atoms with van der Waals surface area (Å²) in [6.45, 7) is 3.29. The topological polar surface area (TPSA) is 116 Å². The molecule has 3 amide bonds. The van der Waals surface area contributed by atoms with Crippen LogP contribution in [0.15, 0.2) is 48.5 Å². The van der Waals surface area contributed by atoms with Crippen molar-refractivity contribution >= 4 is 29.4 Å². The highest BCUT2D eigenvalue weighted by Gasteiger charge is 2.34. The lowest BCUT2D eigenvalue weighted by Crippen LogP contribution is -2.50.